The highest BCUT2D eigenvalue weighted by molar-refractivity contribution is 7.99. The van der Waals surface area contributed by atoms with Gasteiger partial charge in [-0.1, -0.05) is 12.1 Å². The van der Waals surface area contributed by atoms with Gasteiger partial charge in [0.05, 0.1) is 11.8 Å². The normalized spacial score (nSPS) is 14.3. The first kappa shape index (κ1) is 16.0. The van der Waals surface area contributed by atoms with Crippen LogP contribution in [0.1, 0.15) is 19.3 Å². The molecule has 2 rings (SSSR count). The van der Waals surface area contributed by atoms with Gasteiger partial charge in [-0.05, 0) is 12.1 Å². The first-order valence-corrected chi connectivity index (χ1v) is 7.84. The Labute approximate surface area is 133 Å². The number of nitrogens with one attached hydrogen (secondary N) is 1. The van der Waals surface area contributed by atoms with E-state index in [1.54, 1.807) is 7.05 Å². The maximum absolute atomic E-state index is 12.3. The smallest absolute Gasteiger partial charge is 0.271 e. The molecular formula is C15H16N4O2S. The zero-order chi connectivity index (χ0) is 15.9. The Hall–Kier alpha value is -2.33. The second kappa shape index (κ2) is 7.61. The molecule has 0 aromatic heterocycles. The van der Waals surface area contributed by atoms with Gasteiger partial charge >= 0.3 is 0 Å². The van der Waals surface area contributed by atoms with Crippen molar-refractivity contribution in [3.8, 4) is 6.07 Å². The van der Waals surface area contributed by atoms with E-state index in [4.69, 9.17) is 5.26 Å². The van der Waals surface area contributed by atoms with E-state index in [2.05, 4.69) is 16.5 Å². The summed E-state index contributed by atoms with van der Waals surface area (Å²) in [5.74, 6) is 0.276. The summed E-state index contributed by atoms with van der Waals surface area (Å²) in [5.41, 5.74) is 1.04. The van der Waals surface area contributed by atoms with Crippen LogP contribution in [0.4, 0.5) is 5.69 Å². The second-order valence-electron chi connectivity index (χ2n) is 4.67. The zero-order valence-corrected chi connectivity index (χ0v) is 13.0. The monoisotopic (exact) mass is 316 g/mol. The largest absolute Gasteiger partial charge is 0.320 e. The Morgan fingerprint density at radius 1 is 1.45 bits per heavy atom. The van der Waals surface area contributed by atoms with E-state index in [1.165, 1.54) is 16.8 Å². The molecule has 0 spiro atoms. The van der Waals surface area contributed by atoms with Gasteiger partial charge in [0.15, 0.2) is 0 Å². The van der Waals surface area contributed by atoms with Crippen molar-refractivity contribution in [3.05, 3.63) is 24.3 Å². The lowest BCUT2D eigenvalue weighted by Crippen LogP contribution is -2.34. The van der Waals surface area contributed by atoms with Crippen molar-refractivity contribution in [2.75, 3.05) is 18.1 Å². The Morgan fingerprint density at radius 2 is 2.23 bits per heavy atom. The second-order valence-corrected chi connectivity index (χ2v) is 5.81. The Kier molecular flexibility index (Phi) is 5.55. The van der Waals surface area contributed by atoms with E-state index in [9.17, 15) is 9.59 Å². The van der Waals surface area contributed by atoms with Gasteiger partial charge in [0.2, 0.25) is 5.91 Å². The number of nitriles is 1. The number of carbonyl (C=O) groups excluding carboxylic acids is 2. The molecule has 0 radical (unpaired) electrons. The third-order valence-corrected chi connectivity index (χ3v) is 4.15. The predicted molar refractivity (Wildman–Crippen MR) is 85.5 cm³/mol. The molecule has 0 bridgehead atoms. The summed E-state index contributed by atoms with van der Waals surface area (Å²) in [5, 5.41) is 16.6. The highest BCUT2D eigenvalue weighted by Crippen LogP contribution is 2.27. The van der Waals surface area contributed by atoms with Crippen LogP contribution in [-0.2, 0) is 9.59 Å². The number of carbonyl (C=O) groups is 2. The molecule has 1 N–H and O–H groups in total. The lowest BCUT2D eigenvalue weighted by Gasteiger charge is -2.19. The Bertz CT molecular complexity index is 651. The van der Waals surface area contributed by atoms with Crippen molar-refractivity contribution in [2.24, 2.45) is 5.10 Å². The lowest BCUT2D eigenvalue weighted by molar-refractivity contribution is -0.130. The predicted octanol–water partition coefficient (Wildman–Crippen LogP) is 2.24. The lowest BCUT2D eigenvalue weighted by atomic mass is 10.1. The number of thioether (sulfide) groups is 1. The quantitative estimate of drug-likeness (QED) is 0.667. The van der Waals surface area contributed by atoms with Gasteiger partial charge < -0.3 is 5.32 Å². The molecule has 0 unspecified atom stereocenters. The molecule has 1 aliphatic heterocycles. The fourth-order valence-corrected chi connectivity index (χ4v) is 2.79. The van der Waals surface area contributed by atoms with Crippen LogP contribution in [0.15, 0.2) is 34.3 Å². The Balaban J connectivity index is 2.07. The molecule has 2 amide bonds. The molecule has 0 aliphatic carbocycles. The van der Waals surface area contributed by atoms with Gasteiger partial charge in [0, 0.05) is 37.0 Å². The minimum absolute atomic E-state index is 0.0935. The highest BCUT2D eigenvalue weighted by Gasteiger charge is 2.22. The van der Waals surface area contributed by atoms with Crippen molar-refractivity contribution in [1.29, 1.82) is 5.26 Å². The summed E-state index contributed by atoms with van der Waals surface area (Å²) >= 11 is 1.52. The molecule has 1 aliphatic rings. The molecule has 0 saturated heterocycles. The van der Waals surface area contributed by atoms with Crippen LogP contribution >= 0.6 is 11.8 Å². The van der Waals surface area contributed by atoms with E-state index < -0.39 is 0 Å². The van der Waals surface area contributed by atoms with Crippen molar-refractivity contribution in [2.45, 2.75) is 24.2 Å². The van der Waals surface area contributed by atoms with E-state index in [0.717, 1.165) is 4.90 Å². The van der Waals surface area contributed by atoms with Crippen LogP contribution in [0.2, 0.25) is 0 Å². The van der Waals surface area contributed by atoms with Gasteiger partial charge in [-0.25, -0.2) is 5.01 Å². The topological polar surface area (TPSA) is 85.6 Å². The summed E-state index contributed by atoms with van der Waals surface area (Å²) in [6, 6.07) is 9.52. The van der Waals surface area contributed by atoms with Crippen LogP contribution in [0.25, 0.3) is 0 Å². The van der Waals surface area contributed by atoms with Gasteiger partial charge in [0.1, 0.15) is 5.71 Å². The maximum Gasteiger partial charge on any atom is 0.271 e. The number of hydrazone groups is 1. The van der Waals surface area contributed by atoms with Crippen molar-refractivity contribution >= 4 is 35.0 Å². The minimum atomic E-state index is -0.298. The van der Waals surface area contributed by atoms with Gasteiger partial charge in [0.25, 0.3) is 5.91 Å². The summed E-state index contributed by atoms with van der Waals surface area (Å²) in [7, 11) is 1.54. The standard InChI is InChI=1S/C15H16N4O2S/c1-19-14(20)8-7-12(18-19)15(21)17-11-5-2-3-6-13(11)22-10-4-9-16/h2-3,5-6H,4,7-8,10H2,1H3,(H,17,21). The number of para-hydroxylation sites is 1. The average molecular weight is 316 g/mol. The van der Waals surface area contributed by atoms with E-state index in [-0.39, 0.29) is 11.8 Å². The molecule has 1 aromatic carbocycles. The van der Waals surface area contributed by atoms with Gasteiger partial charge in [-0.15, -0.1) is 11.8 Å². The molecular weight excluding hydrogens is 300 g/mol. The summed E-state index contributed by atoms with van der Waals surface area (Å²) < 4.78 is 0. The van der Waals surface area contributed by atoms with Crippen LogP contribution in [0, 0.1) is 11.3 Å². The zero-order valence-electron chi connectivity index (χ0n) is 12.2. The van der Waals surface area contributed by atoms with Crippen LogP contribution in [0.5, 0.6) is 0 Å². The van der Waals surface area contributed by atoms with Gasteiger partial charge in [-0.2, -0.15) is 10.4 Å². The van der Waals surface area contributed by atoms with Crippen molar-refractivity contribution < 1.29 is 9.59 Å². The fourth-order valence-electron chi connectivity index (χ4n) is 1.93. The number of hydrogen-bond donors (Lipinski definition) is 1. The highest BCUT2D eigenvalue weighted by atomic mass is 32.2. The number of nitrogens with zero attached hydrogens (tertiary/aromatic N) is 3. The van der Waals surface area contributed by atoms with Crippen molar-refractivity contribution in [1.82, 2.24) is 5.01 Å². The molecule has 0 fully saturated rings. The summed E-state index contributed by atoms with van der Waals surface area (Å²) in [6.07, 6.45) is 1.09. The fraction of sp³-hybridized carbons (Fsp3) is 0.333. The first-order valence-electron chi connectivity index (χ1n) is 6.86. The summed E-state index contributed by atoms with van der Waals surface area (Å²) in [6.45, 7) is 0. The van der Waals surface area contributed by atoms with E-state index >= 15 is 0 Å². The number of rotatable bonds is 5. The molecule has 114 valence electrons. The van der Waals surface area contributed by atoms with E-state index in [0.29, 0.717) is 36.4 Å². The first-order chi connectivity index (χ1) is 10.6. The van der Waals surface area contributed by atoms with Gasteiger partial charge in [-0.3, -0.25) is 9.59 Å². The van der Waals surface area contributed by atoms with Crippen LogP contribution in [-0.4, -0.2) is 35.3 Å². The molecule has 0 atom stereocenters. The number of hydrogen-bond acceptors (Lipinski definition) is 5. The summed E-state index contributed by atoms with van der Waals surface area (Å²) in [4.78, 5) is 24.5. The number of benzene rings is 1. The minimum Gasteiger partial charge on any atom is -0.320 e. The number of amides is 2. The van der Waals surface area contributed by atoms with Crippen molar-refractivity contribution in [3.63, 3.8) is 0 Å². The third kappa shape index (κ3) is 4.09. The third-order valence-electron chi connectivity index (χ3n) is 3.08. The molecule has 6 nitrogen and oxygen atoms in total. The molecule has 0 saturated carbocycles. The SMILES string of the molecule is CN1N=C(C(=O)Nc2ccccc2SCCC#N)CCC1=O. The van der Waals surface area contributed by atoms with Crippen LogP contribution in [0.3, 0.4) is 0 Å². The molecule has 22 heavy (non-hydrogen) atoms. The van der Waals surface area contributed by atoms with Crippen LogP contribution < -0.4 is 5.32 Å². The Morgan fingerprint density at radius 3 is 2.95 bits per heavy atom. The van der Waals surface area contributed by atoms with E-state index in [1.807, 2.05) is 24.3 Å². The molecule has 7 heteroatoms. The molecule has 1 heterocycles. The molecule has 1 aromatic rings. The number of anilines is 1. The maximum atomic E-state index is 12.3. The average Bonchev–Trinajstić information content (AvgIpc) is 2.52.